The summed E-state index contributed by atoms with van der Waals surface area (Å²) < 4.78 is 0. The molecule has 0 aliphatic carbocycles. The highest BCUT2D eigenvalue weighted by molar-refractivity contribution is 6.30. The van der Waals surface area contributed by atoms with Crippen molar-refractivity contribution in [3.05, 3.63) is 28.8 Å². The Balaban J connectivity index is 2.80. The summed E-state index contributed by atoms with van der Waals surface area (Å²) in [6.07, 6.45) is 0.652. The molecule has 0 aromatic heterocycles. The SMILES string of the molecule is CNc1cc(Cl)ccc1CCC(=O)O. The van der Waals surface area contributed by atoms with Gasteiger partial charge in [-0.15, -0.1) is 0 Å². The van der Waals surface area contributed by atoms with E-state index in [1.54, 1.807) is 19.2 Å². The van der Waals surface area contributed by atoms with Gasteiger partial charge >= 0.3 is 5.97 Å². The Morgan fingerprint density at radius 1 is 1.57 bits per heavy atom. The molecule has 1 aromatic rings. The number of benzene rings is 1. The molecule has 2 N–H and O–H groups in total. The molecule has 0 bridgehead atoms. The highest BCUT2D eigenvalue weighted by atomic mass is 35.5. The van der Waals surface area contributed by atoms with Crippen LogP contribution in [0.1, 0.15) is 12.0 Å². The number of carbonyl (C=O) groups is 1. The van der Waals surface area contributed by atoms with Crippen molar-refractivity contribution in [2.24, 2.45) is 0 Å². The number of hydrogen-bond donors (Lipinski definition) is 2. The summed E-state index contributed by atoms with van der Waals surface area (Å²) in [6, 6.07) is 5.40. The van der Waals surface area contributed by atoms with E-state index in [0.29, 0.717) is 11.4 Å². The van der Waals surface area contributed by atoms with Crippen LogP contribution >= 0.6 is 11.6 Å². The normalized spacial score (nSPS) is 9.86. The Hall–Kier alpha value is -1.22. The molecule has 0 saturated carbocycles. The van der Waals surface area contributed by atoms with Crippen molar-refractivity contribution in [3.63, 3.8) is 0 Å². The van der Waals surface area contributed by atoms with Gasteiger partial charge in [0.25, 0.3) is 0 Å². The van der Waals surface area contributed by atoms with Crippen LogP contribution in [0.4, 0.5) is 5.69 Å². The van der Waals surface area contributed by atoms with E-state index >= 15 is 0 Å². The molecular formula is C10H12ClNO2. The largest absolute Gasteiger partial charge is 0.481 e. The lowest BCUT2D eigenvalue weighted by atomic mass is 10.1. The predicted octanol–water partition coefficient (Wildman–Crippen LogP) is 2.40. The number of rotatable bonds is 4. The molecule has 1 aromatic carbocycles. The summed E-state index contributed by atoms with van der Waals surface area (Å²) in [5, 5.41) is 12.2. The van der Waals surface area contributed by atoms with E-state index in [4.69, 9.17) is 16.7 Å². The molecule has 0 aliphatic rings. The lowest BCUT2D eigenvalue weighted by Gasteiger charge is -2.08. The maximum atomic E-state index is 10.4. The molecule has 0 fully saturated rings. The summed E-state index contributed by atoms with van der Waals surface area (Å²) in [7, 11) is 1.79. The van der Waals surface area contributed by atoms with E-state index in [2.05, 4.69) is 5.32 Å². The van der Waals surface area contributed by atoms with Crippen LogP contribution in [0.15, 0.2) is 18.2 Å². The van der Waals surface area contributed by atoms with Crippen molar-refractivity contribution < 1.29 is 9.90 Å². The molecular weight excluding hydrogens is 202 g/mol. The van der Waals surface area contributed by atoms with Gasteiger partial charge in [0, 0.05) is 24.2 Å². The summed E-state index contributed by atoms with van der Waals surface area (Å²) in [4.78, 5) is 10.4. The number of anilines is 1. The van der Waals surface area contributed by atoms with Crippen LogP contribution in [0.3, 0.4) is 0 Å². The molecule has 0 unspecified atom stereocenters. The second-order valence-corrected chi connectivity index (χ2v) is 3.38. The van der Waals surface area contributed by atoms with Gasteiger partial charge in [-0.3, -0.25) is 4.79 Å². The van der Waals surface area contributed by atoms with Crippen LogP contribution in [-0.4, -0.2) is 18.1 Å². The molecule has 1 rings (SSSR count). The summed E-state index contributed by atoms with van der Waals surface area (Å²) in [5.74, 6) is -0.790. The minimum atomic E-state index is -0.790. The van der Waals surface area contributed by atoms with E-state index in [0.717, 1.165) is 11.3 Å². The van der Waals surface area contributed by atoms with E-state index in [9.17, 15) is 4.79 Å². The zero-order valence-corrected chi connectivity index (χ0v) is 8.64. The first-order chi connectivity index (χ1) is 6.63. The van der Waals surface area contributed by atoms with E-state index in [1.165, 1.54) is 0 Å². The van der Waals surface area contributed by atoms with Gasteiger partial charge in [0.15, 0.2) is 0 Å². The Bertz CT molecular complexity index is 339. The first kappa shape index (κ1) is 10.9. The first-order valence-corrected chi connectivity index (χ1v) is 4.69. The van der Waals surface area contributed by atoms with E-state index < -0.39 is 5.97 Å². The lowest BCUT2D eigenvalue weighted by molar-refractivity contribution is -0.136. The first-order valence-electron chi connectivity index (χ1n) is 4.31. The number of aryl methyl sites for hydroxylation is 1. The zero-order valence-electron chi connectivity index (χ0n) is 7.88. The van der Waals surface area contributed by atoms with Gasteiger partial charge in [-0.1, -0.05) is 17.7 Å². The minimum absolute atomic E-state index is 0.135. The quantitative estimate of drug-likeness (QED) is 0.808. The van der Waals surface area contributed by atoms with Gasteiger partial charge in [-0.25, -0.2) is 0 Å². The molecule has 0 radical (unpaired) electrons. The van der Waals surface area contributed by atoms with Gasteiger partial charge in [0.05, 0.1) is 0 Å². The van der Waals surface area contributed by atoms with Gasteiger partial charge < -0.3 is 10.4 Å². The summed E-state index contributed by atoms with van der Waals surface area (Å²) in [6.45, 7) is 0. The van der Waals surface area contributed by atoms with Crippen LogP contribution in [-0.2, 0) is 11.2 Å². The average molecular weight is 214 g/mol. The fraction of sp³-hybridized carbons (Fsp3) is 0.300. The number of carboxylic acids is 1. The minimum Gasteiger partial charge on any atom is -0.481 e. The second-order valence-electron chi connectivity index (χ2n) is 2.95. The molecule has 0 heterocycles. The third kappa shape index (κ3) is 2.92. The van der Waals surface area contributed by atoms with Crippen LogP contribution in [0.2, 0.25) is 5.02 Å². The van der Waals surface area contributed by atoms with Crippen molar-refractivity contribution >= 4 is 23.3 Å². The number of carboxylic acid groups (broad SMARTS) is 1. The van der Waals surface area contributed by atoms with Gasteiger partial charge in [-0.05, 0) is 24.1 Å². The molecule has 0 spiro atoms. The monoisotopic (exact) mass is 213 g/mol. The fourth-order valence-corrected chi connectivity index (χ4v) is 1.41. The second kappa shape index (κ2) is 4.86. The third-order valence-corrected chi connectivity index (χ3v) is 2.18. The molecule has 0 saturated heterocycles. The van der Waals surface area contributed by atoms with Crippen molar-refractivity contribution in [2.75, 3.05) is 12.4 Å². The lowest BCUT2D eigenvalue weighted by Crippen LogP contribution is -2.00. The number of halogens is 1. The van der Waals surface area contributed by atoms with Crippen LogP contribution in [0.5, 0.6) is 0 Å². The maximum Gasteiger partial charge on any atom is 0.303 e. The predicted molar refractivity (Wildman–Crippen MR) is 57.0 cm³/mol. The molecule has 0 aliphatic heterocycles. The van der Waals surface area contributed by atoms with E-state index in [1.807, 2.05) is 6.07 Å². The van der Waals surface area contributed by atoms with Crippen molar-refractivity contribution in [1.82, 2.24) is 0 Å². The molecule has 76 valence electrons. The van der Waals surface area contributed by atoms with Crippen molar-refractivity contribution in [3.8, 4) is 0 Å². The topological polar surface area (TPSA) is 49.3 Å². The summed E-state index contributed by atoms with van der Waals surface area (Å²) in [5.41, 5.74) is 1.86. The van der Waals surface area contributed by atoms with Crippen LogP contribution in [0, 0.1) is 0 Å². The third-order valence-electron chi connectivity index (χ3n) is 1.95. The number of nitrogens with one attached hydrogen (secondary N) is 1. The highest BCUT2D eigenvalue weighted by Crippen LogP contribution is 2.21. The van der Waals surface area contributed by atoms with Gasteiger partial charge in [0.2, 0.25) is 0 Å². The average Bonchev–Trinajstić information content (AvgIpc) is 2.15. The fourth-order valence-electron chi connectivity index (χ4n) is 1.24. The zero-order chi connectivity index (χ0) is 10.6. The highest BCUT2D eigenvalue weighted by Gasteiger charge is 2.04. The molecule has 4 heteroatoms. The standard InChI is InChI=1S/C10H12ClNO2/c1-12-9-6-8(11)4-2-7(9)3-5-10(13)14/h2,4,6,12H,3,5H2,1H3,(H,13,14). The van der Waals surface area contributed by atoms with Crippen molar-refractivity contribution in [1.29, 1.82) is 0 Å². The van der Waals surface area contributed by atoms with Crippen molar-refractivity contribution in [2.45, 2.75) is 12.8 Å². The molecule has 14 heavy (non-hydrogen) atoms. The maximum absolute atomic E-state index is 10.4. The summed E-state index contributed by atoms with van der Waals surface area (Å²) >= 11 is 5.80. The number of aliphatic carboxylic acids is 1. The van der Waals surface area contributed by atoms with Crippen LogP contribution in [0.25, 0.3) is 0 Å². The van der Waals surface area contributed by atoms with E-state index in [-0.39, 0.29) is 6.42 Å². The smallest absolute Gasteiger partial charge is 0.303 e. The van der Waals surface area contributed by atoms with Gasteiger partial charge in [-0.2, -0.15) is 0 Å². The Morgan fingerprint density at radius 2 is 2.29 bits per heavy atom. The molecule has 0 amide bonds. The van der Waals surface area contributed by atoms with Crippen LogP contribution < -0.4 is 5.32 Å². The van der Waals surface area contributed by atoms with Gasteiger partial charge in [0.1, 0.15) is 0 Å². The Kier molecular flexibility index (Phi) is 3.77. The molecule has 3 nitrogen and oxygen atoms in total. The Morgan fingerprint density at radius 3 is 2.86 bits per heavy atom. The Labute approximate surface area is 87.7 Å². The molecule has 0 atom stereocenters. The number of hydrogen-bond acceptors (Lipinski definition) is 2.